The first-order valence-corrected chi connectivity index (χ1v) is 10.4. The van der Waals surface area contributed by atoms with Gasteiger partial charge in [-0.1, -0.05) is 54.1 Å². The number of esters is 1. The molecular weight excluding hydrogens is 418 g/mol. The van der Waals surface area contributed by atoms with Crippen LogP contribution in [-0.4, -0.2) is 29.1 Å². The number of carbonyl (C=O) groups is 2. The van der Waals surface area contributed by atoms with Gasteiger partial charge in [0.05, 0.1) is 12.7 Å². The van der Waals surface area contributed by atoms with Gasteiger partial charge in [-0.2, -0.15) is 0 Å². The van der Waals surface area contributed by atoms with Crippen LogP contribution in [-0.2, 0) is 6.42 Å². The molecule has 0 amide bonds. The van der Waals surface area contributed by atoms with E-state index in [2.05, 4.69) is 4.98 Å². The van der Waals surface area contributed by atoms with Gasteiger partial charge in [0.2, 0.25) is 0 Å². The maximum atomic E-state index is 12.8. The fourth-order valence-electron chi connectivity index (χ4n) is 3.23. The van der Waals surface area contributed by atoms with Crippen molar-refractivity contribution in [1.29, 1.82) is 0 Å². The Labute approximate surface area is 192 Å². The van der Waals surface area contributed by atoms with Crippen LogP contribution in [0.4, 0.5) is 0 Å². The number of hydrogen-bond acceptors (Lipinski definition) is 5. The van der Waals surface area contributed by atoms with Crippen LogP contribution in [0.15, 0.2) is 72.6 Å². The van der Waals surface area contributed by atoms with Gasteiger partial charge < -0.3 is 14.6 Å². The molecule has 0 aliphatic carbocycles. The summed E-state index contributed by atoms with van der Waals surface area (Å²) >= 11 is 0. The second-order valence-electron chi connectivity index (χ2n) is 7.52. The van der Waals surface area contributed by atoms with Crippen LogP contribution in [0.1, 0.15) is 51.3 Å². The van der Waals surface area contributed by atoms with Crippen LogP contribution in [0, 0.1) is 0 Å². The molecule has 0 bridgehead atoms. The van der Waals surface area contributed by atoms with Crippen LogP contribution in [0.5, 0.6) is 11.5 Å². The van der Waals surface area contributed by atoms with Crippen molar-refractivity contribution >= 4 is 24.1 Å². The molecule has 1 N–H and O–H groups in total. The van der Waals surface area contributed by atoms with E-state index in [4.69, 9.17) is 9.47 Å². The number of nitrogens with zero attached hydrogens (tertiary/aromatic N) is 1. The topological polar surface area (TPSA) is 85.7 Å². The first kappa shape index (κ1) is 23.5. The van der Waals surface area contributed by atoms with E-state index in [1.807, 2.05) is 50.3 Å². The third-order valence-corrected chi connectivity index (χ3v) is 4.87. The number of pyridine rings is 1. The van der Waals surface area contributed by atoms with Crippen molar-refractivity contribution in [2.45, 2.75) is 20.3 Å². The number of carboxylic acids is 1. The third-order valence-electron chi connectivity index (χ3n) is 4.87. The van der Waals surface area contributed by atoms with E-state index >= 15 is 0 Å². The van der Waals surface area contributed by atoms with E-state index in [0.29, 0.717) is 23.3 Å². The maximum absolute atomic E-state index is 12.8. The number of allylic oxidation sites excluding steroid dienone is 2. The van der Waals surface area contributed by atoms with Crippen LogP contribution >= 0.6 is 0 Å². The van der Waals surface area contributed by atoms with Crippen LogP contribution in [0.3, 0.4) is 0 Å². The van der Waals surface area contributed by atoms with E-state index in [0.717, 1.165) is 11.1 Å². The Morgan fingerprint density at radius 1 is 1.06 bits per heavy atom. The smallest absolute Gasteiger partial charge is 0.345 e. The van der Waals surface area contributed by atoms with Gasteiger partial charge in [-0.3, -0.25) is 4.98 Å². The van der Waals surface area contributed by atoms with Crippen LogP contribution in [0.25, 0.3) is 12.2 Å². The molecule has 0 saturated carbocycles. The highest BCUT2D eigenvalue weighted by molar-refractivity contribution is 6.00. The maximum Gasteiger partial charge on any atom is 0.345 e. The minimum absolute atomic E-state index is 0.0408. The predicted octanol–water partition coefficient (Wildman–Crippen LogP) is 5.69. The molecule has 2 aromatic carbocycles. The molecule has 0 radical (unpaired) electrons. The van der Waals surface area contributed by atoms with Crippen molar-refractivity contribution in [2.75, 3.05) is 7.11 Å². The molecule has 0 saturated heterocycles. The highest BCUT2D eigenvalue weighted by atomic mass is 16.5. The first-order chi connectivity index (χ1) is 15.9. The summed E-state index contributed by atoms with van der Waals surface area (Å²) in [5, 5.41) is 10.1. The summed E-state index contributed by atoms with van der Waals surface area (Å²) in [6.45, 7) is 3.87. The van der Waals surface area contributed by atoms with Gasteiger partial charge in [-0.25, -0.2) is 9.59 Å². The molecule has 0 unspecified atom stereocenters. The molecule has 33 heavy (non-hydrogen) atoms. The van der Waals surface area contributed by atoms with Gasteiger partial charge in [-0.15, -0.1) is 0 Å². The number of aromatic carboxylic acids is 1. The van der Waals surface area contributed by atoms with Gasteiger partial charge in [0.25, 0.3) is 0 Å². The SMILES string of the molecule is COc1cc(C=Cc2ccccc2)c(C(=O)O)c(OC(=O)c2cccnc2)c1CC=C(C)C. The summed E-state index contributed by atoms with van der Waals surface area (Å²) in [4.78, 5) is 29.1. The first-order valence-electron chi connectivity index (χ1n) is 10.4. The molecular formula is C27H25NO5. The molecule has 6 heteroatoms. The summed E-state index contributed by atoms with van der Waals surface area (Å²) in [5.74, 6) is -1.52. The molecule has 168 valence electrons. The molecule has 6 nitrogen and oxygen atoms in total. The molecule has 1 aromatic heterocycles. The lowest BCUT2D eigenvalue weighted by Crippen LogP contribution is -2.15. The zero-order chi connectivity index (χ0) is 23.8. The zero-order valence-corrected chi connectivity index (χ0v) is 18.7. The van der Waals surface area contributed by atoms with Crippen molar-refractivity contribution in [2.24, 2.45) is 0 Å². The Kier molecular flexibility index (Phi) is 7.76. The number of rotatable bonds is 8. The Bertz CT molecular complexity index is 1190. The van der Waals surface area contributed by atoms with E-state index < -0.39 is 11.9 Å². The number of methoxy groups -OCH3 is 1. The van der Waals surface area contributed by atoms with Gasteiger partial charge >= 0.3 is 11.9 Å². The Hall–Kier alpha value is -4.19. The summed E-state index contributed by atoms with van der Waals surface area (Å²) in [7, 11) is 1.50. The van der Waals surface area contributed by atoms with E-state index in [1.54, 1.807) is 30.4 Å². The van der Waals surface area contributed by atoms with E-state index in [1.165, 1.54) is 19.5 Å². The average molecular weight is 443 g/mol. The second kappa shape index (κ2) is 10.9. The molecule has 0 spiro atoms. The number of benzene rings is 2. The predicted molar refractivity (Wildman–Crippen MR) is 128 cm³/mol. The van der Waals surface area contributed by atoms with Gasteiger partial charge in [0.1, 0.15) is 11.3 Å². The van der Waals surface area contributed by atoms with Crippen molar-refractivity contribution in [3.63, 3.8) is 0 Å². The largest absolute Gasteiger partial charge is 0.496 e. The average Bonchev–Trinajstić information content (AvgIpc) is 2.82. The normalized spacial score (nSPS) is 10.6. The number of aromatic nitrogens is 1. The molecule has 0 aliphatic heterocycles. The molecule has 0 fully saturated rings. The lowest BCUT2D eigenvalue weighted by atomic mass is 9.97. The lowest BCUT2D eigenvalue weighted by Gasteiger charge is -2.18. The Morgan fingerprint density at radius 3 is 2.42 bits per heavy atom. The highest BCUT2D eigenvalue weighted by Crippen LogP contribution is 2.38. The summed E-state index contributed by atoms with van der Waals surface area (Å²) < 4.78 is 11.3. The Morgan fingerprint density at radius 2 is 1.82 bits per heavy atom. The number of carbonyl (C=O) groups excluding carboxylic acids is 1. The van der Waals surface area contributed by atoms with Gasteiger partial charge in [0.15, 0.2) is 5.75 Å². The van der Waals surface area contributed by atoms with Crippen molar-refractivity contribution in [3.8, 4) is 11.5 Å². The van der Waals surface area contributed by atoms with Crippen molar-refractivity contribution in [1.82, 2.24) is 4.98 Å². The quantitative estimate of drug-likeness (QED) is 0.208. The van der Waals surface area contributed by atoms with E-state index in [9.17, 15) is 14.7 Å². The number of ether oxygens (including phenoxy) is 2. The van der Waals surface area contributed by atoms with Crippen LogP contribution in [0.2, 0.25) is 0 Å². The highest BCUT2D eigenvalue weighted by Gasteiger charge is 2.26. The summed E-state index contributed by atoms with van der Waals surface area (Å²) in [6, 6.07) is 14.3. The minimum Gasteiger partial charge on any atom is -0.496 e. The van der Waals surface area contributed by atoms with E-state index in [-0.39, 0.29) is 16.9 Å². The molecule has 1 heterocycles. The molecule has 0 atom stereocenters. The standard InChI is InChI=1S/C27H25NO5/c1-18(2)11-14-22-23(32-3)16-20(13-12-19-8-5-4-6-9-19)24(26(29)30)25(22)33-27(31)21-10-7-15-28-17-21/h4-13,15-17H,14H2,1-3H3,(H,29,30). The van der Waals surface area contributed by atoms with Gasteiger partial charge in [0, 0.05) is 18.0 Å². The molecule has 0 aliphatic rings. The monoisotopic (exact) mass is 443 g/mol. The summed E-state index contributed by atoms with van der Waals surface area (Å²) in [6.07, 6.45) is 8.64. The summed E-state index contributed by atoms with van der Waals surface area (Å²) in [5.41, 5.74) is 2.87. The van der Waals surface area contributed by atoms with Gasteiger partial charge in [-0.05, 0) is 49.6 Å². The minimum atomic E-state index is -1.21. The lowest BCUT2D eigenvalue weighted by molar-refractivity contribution is 0.0680. The fourth-order valence-corrected chi connectivity index (χ4v) is 3.23. The fraction of sp³-hybridized carbons (Fsp3) is 0.148. The molecule has 3 rings (SSSR count). The second-order valence-corrected chi connectivity index (χ2v) is 7.52. The van der Waals surface area contributed by atoms with Crippen molar-refractivity contribution < 1.29 is 24.2 Å². The van der Waals surface area contributed by atoms with Crippen molar-refractivity contribution in [3.05, 3.63) is 100 Å². The number of hydrogen-bond donors (Lipinski definition) is 1. The Balaban J connectivity index is 2.19. The molecule has 3 aromatic rings. The third kappa shape index (κ3) is 5.95. The number of carboxylic acid groups (broad SMARTS) is 1. The zero-order valence-electron chi connectivity index (χ0n) is 18.7. The van der Waals surface area contributed by atoms with Crippen LogP contribution < -0.4 is 9.47 Å².